The van der Waals surface area contributed by atoms with Gasteiger partial charge >= 0.3 is 0 Å². The quantitative estimate of drug-likeness (QED) is 0.699. The lowest BCUT2D eigenvalue weighted by Crippen LogP contribution is -1.89. The van der Waals surface area contributed by atoms with Crippen LogP contribution in [-0.2, 0) is 0 Å². The maximum Gasteiger partial charge on any atom is 0.230 e. The highest BCUT2D eigenvalue weighted by atomic mass is 79.9. The zero-order valence-corrected chi connectivity index (χ0v) is 10.3. The minimum atomic E-state index is 0.490. The first-order valence-electron chi connectivity index (χ1n) is 5.01. The Hall–Kier alpha value is -1.88. The fourth-order valence-electron chi connectivity index (χ4n) is 1.61. The van der Waals surface area contributed by atoms with Gasteiger partial charge in [-0.15, -0.1) is 0 Å². The van der Waals surface area contributed by atoms with Crippen LogP contribution in [0.3, 0.4) is 0 Å². The first kappa shape index (κ1) is 10.3. The van der Waals surface area contributed by atoms with Crippen LogP contribution in [0.1, 0.15) is 0 Å². The van der Waals surface area contributed by atoms with Gasteiger partial charge in [0.1, 0.15) is 0 Å². The molecule has 1 aromatic carbocycles. The van der Waals surface area contributed by atoms with Crippen LogP contribution in [0.15, 0.2) is 45.4 Å². The number of oxazole rings is 1. The third-order valence-electron chi connectivity index (χ3n) is 2.41. The van der Waals surface area contributed by atoms with Crippen LogP contribution < -0.4 is 5.73 Å². The summed E-state index contributed by atoms with van der Waals surface area (Å²) in [6.07, 6.45) is 1.68. The number of rotatable bonds is 1. The van der Waals surface area contributed by atoms with E-state index in [-0.39, 0.29) is 0 Å². The number of aromatic nitrogens is 2. The molecule has 0 atom stereocenters. The molecule has 0 amide bonds. The topological polar surface area (TPSA) is 64.9 Å². The zero-order valence-electron chi connectivity index (χ0n) is 8.72. The Labute approximate surface area is 106 Å². The predicted molar refractivity (Wildman–Crippen MR) is 69.4 cm³/mol. The number of halogens is 1. The van der Waals surface area contributed by atoms with Crippen molar-refractivity contribution >= 4 is 32.8 Å². The highest BCUT2D eigenvalue weighted by Gasteiger charge is 2.11. The van der Waals surface area contributed by atoms with Crippen molar-refractivity contribution in [3.63, 3.8) is 0 Å². The number of benzene rings is 1. The molecule has 2 aromatic heterocycles. The monoisotopic (exact) mass is 289 g/mol. The minimum absolute atomic E-state index is 0.490. The summed E-state index contributed by atoms with van der Waals surface area (Å²) in [7, 11) is 0. The number of pyridine rings is 1. The third kappa shape index (κ3) is 1.78. The summed E-state index contributed by atoms with van der Waals surface area (Å²) in [5.41, 5.74) is 8.56. The van der Waals surface area contributed by atoms with Crippen LogP contribution >= 0.6 is 15.9 Å². The summed E-state index contributed by atoms with van der Waals surface area (Å²) in [6.45, 7) is 0. The second-order valence-electron chi connectivity index (χ2n) is 3.58. The SMILES string of the molecule is Nc1cc(Br)ccc1-c1nc2ncccc2o1. The van der Waals surface area contributed by atoms with Crippen molar-refractivity contribution < 1.29 is 4.42 Å². The summed E-state index contributed by atoms with van der Waals surface area (Å²) in [5.74, 6) is 0.490. The fourth-order valence-corrected chi connectivity index (χ4v) is 1.99. The van der Waals surface area contributed by atoms with E-state index in [1.807, 2.05) is 30.3 Å². The summed E-state index contributed by atoms with van der Waals surface area (Å²) in [5, 5.41) is 0. The molecular weight excluding hydrogens is 282 g/mol. The first-order valence-corrected chi connectivity index (χ1v) is 5.80. The van der Waals surface area contributed by atoms with Crippen LogP contribution in [0.25, 0.3) is 22.7 Å². The van der Waals surface area contributed by atoms with Crippen LogP contribution in [-0.4, -0.2) is 9.97 Å². The van der Waals surface area contributed by atoms with Crippen molar-refractivity contribution in [3.8, 4) is 11.5 Å². The molecule has 0 bridgehead atoms. The van der Waals surface area contributed by atoms with E-state index in [1.165, 1.54) is 0 Å². The number of nitrogens with two attached hydrogens (primary N) is 1. The maximum atomic E-state index is 5.92. The van der Waals surface area contributed by atoms with Gasteiger partial charge in [0.25, 0.3) is 0 Å². The number of hydrogen-bond acceptors (Lipinski definition) is 4. The standard InChI is InChI=1S/C12H8BrN3O/c13-7-3-4-8(9(14)6-7)12-16-11-10(17-12)2-1-5-15-11/h1-6H,14H2. The molecule has 2 heterocycles. The molecule has 0 aliphatic heterocycles. The molecule has 0 saturated carbocycles. The molecule has 0 saturated heterocycles. The molecule has 0 spiro atoms. The largest absolute Gasteiger partial charge is 0.434 e. The van der Waals surface area contributed by atoms with Gasteiger partial charge in [-0.2, -0.15) is 4.98 Å². The van der Waals surface area contributed by atoms with Gasteiger partial charge in [0.15, 0.2) is 11.2 Å². The molecule has 4 nitrogen and oxygen atoms in total. The molecule has 5 heteroatoms. The molecule has 3 rings (SSSR count). The number of nitrogen functional groups attached to an aromatic ring is 1. The van der Waals surface area contributed by atoms with E-state index >= 15 is 0 Å². The Bertz CT molecular complexity index is 660. The number of nitrogens with zero attached hydrogens (tertiary/aromatic N) is 2. The Balaban J connectivity index is 2.20. The van der Waals surface area contributed by atoms with Crippen molar-refractivity contribution in [2.45, 2.75) is 0 Å². The van der Waals surface area contributed by atoms with Crippen molar-refractivity contribution in [1.82, 2.24) is 9.97 Å². The maximum absolute atomic E-state index is 5.92. The van der Waals surface area contributed by atoms with Gasteiger partial charge in [0, 0.05) is 16.4 Å². The Kier molecular flexibility index (Phi) is 2.33. The van der Waals surface area contributed by atoms with E-state index in [2.05, 4.69) is 25.9 Å². The van der Waals surface area contributed by atoms with Crippen molar-refractivity contribution in [1.29, 1.82) is 0 Å². The van der Waals surface area contributed by atoms with Gasteiger partial charge in [0.2, 0.25) is 5.89 Å². The van der Waals surface area contributed by atoms with Gasteiger partial charge in [-0.25, -0.2) is 4.98 Å². The van der Waals surface area contributed by atoms with Crippen molar-refractivity contribution in [2.75, 3.05) is 5.73 Å². The molecule has 3 aromatic rings. The van der Waals surface area contributed by atoms with Gasteiger partial charge in [-0.1, -0.05) is 15.9 Å². The van der Waals surface area contributed by atoms with Gasteiger partial charge in [0.05, 0.1) is 5.56 Å². The first-order chi connectivity index (χ1) is 8.24. The zero-order chi connectivity index (χ0) is 11.8. The number of fused-ring (bicyclic) bond motifs is 1. The fraction of sp³-hybridized carbons (Fsp3) is 0. The normalized spacial score (nSPS) is 10.9. The Morgan fingerprint density at radius 2 is 2.12 bits per heavy atom. The average Bonchev–Trinajstić information content (AvgIpc) is 2.72. The summed E-state index contributed by atoms with van der Waals surface area (Å²) in [4.78, 5) is 8.42. The second-order valence-corrected chi connectivity index (χ2v) is 4.49. The Morgan fingerprint density at radius 1 is 1.24 bits per heavy atom. The average molecular weight is 290 g/mol. The summed E-state index contributed by atoms with van der Waals surface area (Å²) in [6, 6.07) is 9.21. The van der Waals surface area contributed by atoms with E-state index in [4.69, 9.17) is 10.2 Å². The lowest BCUT2D eigenvalue weighted by molar-refractivity contribution is 0.620. The minimum Gasteiger partial charge on any atom is -0.434 e. The highest BCUT2D eigenvalue weighted by molar-refractivity contribution is 9.10. The van der Waals surface area contributed by atoms with E-state index in [0.717, 1.165) is 10.0 Å². The van der Waals surface area contributed by atoms with E-state index in [9.17, 15) is 0 Å². The molecular formula is C12H8BrN3O. The molecule has 0 aliphatic carbocycles. The lowest BCUT2D eigenvalue weighted by Gasteiger charge is -2.00. The van der Waals surface area contributed by atoms with Crippen LogP contribution in [0.5, 0.6) is 0 Å². The van der Waals surface area contributed by atoms with Crippen molar-refractivity contribution in [2.24, 2.45) is 0 Å². The predicted octanol–water partition coefficient (Wildman–Crippen LogP) is 3.23. The molecule has 17 heavy (non-hydrogen) atoms. The molecule has 2 N–H and O–H groups in total. The van der Waals surface area contributed by atoms with Crippen LogP contribution in [0, 0.1) is 0 Å². The lowest BCUT2D eigenvalue weighted by atomic mass is 10.2. The molecule has 84 valence electrons. The number of anilines is 1. The van der Waals surface area contributed by atoms with E-state index in [0.29, 0.717) is 22.8 Å². The summed E-state index contributed by atoms with van der Waals surface area (Å²) < 4.78 is 6.53. The molecule has 0 unspecified atom stereocenters. The highest BCUT2D eigenvalue weighted by Crippen LogP contribution is 2.29. The Morgan fingerprint density at radius 3 is 2.88 bits per heavy atom. The van der Waals surface area contributed by atoms with Crippen molar-refractivity contribution in [3.05, 3.63) is 41.0 Å². The van der Waals surface area contributed by atoms with Crippen LogP contribution in [0.2, 0.25) is 0 Å². The summed E-state index contributed by atoms with van der Waals surface area (Å²) >= 11 is 3.36. The third-order valence-corrected chi connectivity index (χ3v) is 2.90. The van der Waals surface area contributed by atoms with Gasteiger partial charge in [-0.05, 0) is 30.3 Å². The molecule has 0 aliphatic rings. The van der Waals surface area contributed by atoms with E-state index < -0.39 is 0 Å². The molecule has 0 radical (unpaired) electrons. The second kappa shape index (κ2) is 3.85. The smallest absolute Gasteiger partial charge is 0.230 e. The van der Waals surface area contributed by atoms with Gasteiger partial charge < -0.3 is 10.2 Å². The van der Waals surface area contributed by atoms with Crippen LogP contribution in [0.4, 0.5) is 5.69 Å². The van der Waals surface area contributed by atoms with E-state index in [1.54, 1.807) is 6.20 Å². The number of hydrogen-bond donors (Lipinski definition) is 1. The molecule has 0 fully saturated rings. The van der Waals surface area contributed by atoms with Gasteiger partial charge in [-0.3, -0.25) is 0 Å².